The van der Waals surface area contributed by atoms with Crippen molar-refractivity contribution in [3.05, 3.63) is 16.5 Å². The highest BCUT2D eigenvalue weighted by atomic mass is 79.9. The fourth-order valence-corrected chi connectivity index (χ4v) is 1.05. The smallest absolute Gasteiger partial charge is 0.410 e. The van der Waals surface area contributed by atoms with Gasteiger partial charge in [-0.2, -0.15) is 0 Å². The van der Waals surface area contributed by atoms with Crippen molar-refractivity contribution < 1.29 is 9.90 Å². The minimum Gasteiger partial charge on any atom is -0.465 e. The van der Waals surface area contributed by atoms with Gasteiger partial charge in [-0.3, -0.25) is 5.32 Å². The lowest BCUT2D eigenvalue weighted by molar-refractivity contribution is 0.209. The van der Waals surface area contributed by atoms with Gasteiger partial charge in [-0.15, -0.1) is 0 Å². The Morgan fingerprint density at radius 3 is 2.92 bits per heavy atom. The van der Waals surface area contributed by atoms with Gasteiger partial charge in [-0.05, 0) is 22.9 Å². The number of anilines is 1. The van der Waals surface area contributed by atoms with Gasteiger partial charge >= 0.3 is 6.09 Å². The number of carboxylic acid groups (broad SMARTS) is 1. The fraction of sp³-hybridized carbons (Fsp3) is 0.167. The summed E-state index contributed by atoms with van der Waals surface area (Å²) in [5.74, 6) is 0.255. The number of amides is 1. The van der Waals surface area contributed by atoms with E-state index in [9.17, 15) is 4.79 Å². The standard InChI is InChI=1S/C6H6BrN3O2/c1-3-5(10-6(11)12)8-2-4(7)9-3/h2H,1H3,(H,8,10)(H,11,12). The van der Waals surface area contributed by atoms with Gasteiger partial charge in [-0.1, -0.05) is 0 Å². The molecule has 12 heavy (non-hydrogen) atoms. The average Bonchev–Trinajstić information content (AvgIpc) is 1.94. The van der Waals surface area contributed by atoms with Crippen LogP contribution in [0.5, 0.6) is 0 Å². The van der Waals surface area contributed by atoms with Gasteiger partial charge in [0.15, 0.2) is 5.82 Å². The molecule has 1 aromatic heterocycles. The highest BCUT2D eigenvalue weighted by Gasteiger charge is 2.04. The van der Waals surface area contributed by atoms with Crippen LogP contribution < -0.4 is 5.32 Å². The van der Waals surface area contributed by atoms with Crippen LogP contribution in [0.25, 0.3) is 0 Å². The fourth-order valence-electron chi connectivity index (χ4n) is 0.677. The first-order valence-corrected chi connectivity index (χ1v) is 3.88. The normalized spacial score (nSPS) is 9.50. The van der Waals surface area contributed by atoms with Crippen LogP contribution in [0.1, 0.15) is 5.69 Å². The van der Waals surface area contributed by atoms with E-state index in [0.717, 1.165) is 0 Å². The van der Waals surface area contributed by atoms with Crippen molar-refractivity contribution in [2.45, 2.75) is 6.92 Å². The second kappa shape index (κ2) is 3.48. The minimum atomic E-state index is -1.14. The van der Waals surface area contributed by atoms with Crippen molar-refractivity contribution >= 4 is 27.8 Å². The van der Waals surface area contributed by atoms with Crippen LogP contribution >= 0.6 is 15.9 Å². The Balaban J connectivity index is 2.93. The largest absolute Gasteiger partial charge is 0.465 e. The number of nitrogens with zero attached hydrogens (tertiary/aromatic N) is 2. The molecule has 64 valence electrons. The Bertz CT molecular complexity index is 316. The van der Waals surface area contributed by atoms with Crippen molar-refractivity contribution in [3.8, 4) is 0 Å². The van der Waals surface area contributed by atoms with Crippen LogP contribution in [0.15, 0.2) is 10.8 Å². The summed E-state index contributed by atoms with van der Waals surface area (Å²) in [7, 11) is 0. The molecular formula is C6H6BrN3O2. The summed E-state index contributed by atoms with van der Waals surface area (Å²) in [5.41, 5.74) is 0.534. The molecule has 1 rings (SSSR count). The van der Waals surface area contributed by atoms with Crippen molar-refractivity contribution in [2.24, 2.45) is 0 Å². The van der Waals surface area contributed by atoms with E-state index in [1.165, 1.54) is 6.20 Å². The number of hydrogen-bond donors (Lipinski definition) is 2. The summed E-state index contributed by atoms with van der Waals surface area (Å²) in [4.78, 5) is 18.0. The number of halogens is 1. The van der Waals surface area contributed by atoms with Crippen molar-refractivity contribution in [3.63, 3.8) is 0 Å². The first-order chi connectivity index (χ1) is 5.59. The summed E-state index contributed by atoms with van der Waals surface area (Å²) in [6, 6.07) is 0. The zero-order valence-electron chi connectivity index (χ0n) is 6.21. The predicted molar refractivity (Wildman–Crippen MR) is 46.1 cm³/mol. The van der Waals surface area contributed by atoms with E-state index in [4.69, 9.17) is 5.11 Å². The summed E-state index contributed by atoms with van der Waals surface area (Å²) in [5, 5.41) is 10.5. The third-order valence-electron chi connectivity index (χ3n) is 1.14. The summed E-state index contributed by atoms with van der Waals surface area (Å²) in [6.07, 6.45) is 0.285. The van der Waals surface area contributed by atoms with E-state index in [2.05, 4.69) is 31.2 Å². The van der Waals surface area contributed by atoms with Crippen molar-refractivity contribution in [2.75, 3.05) is 5.32 Å². The maximum atomic E-state index is 10.2. The quantitative estimate of drug-likeness (QED) is 0.771. The molecule has 0 fully saturated rings. The van der Waals surface area contributed by atoms with Gasteiger partial charge in [0.05, 0.1) is 11.9 Å². The molecule has 2 N–H and O–H groups in total. The lowest BCUT2D eigenvalue weighted by Crippen LogP contribution is -2.10. The molecule has 0 unspecified atom stereocenters. The predicted octanol–water partition coefficient (Wildman–Crippen LogP) is 1.64. The molecule has 1 heterocycles. The molecule has 0 atom stereocenters. The zero-order chi connectivity index (χ0) is 9.14. The van der Waals surface area contributed by atoms with E-state index in [1.807, 2.05) is 0 Å². The van der Waals surface area contributed by atoms with E-state index in [-0.39, 0.29) is 5.82 Å². The van der Waals surface area contributed by atoms with Gasteiger partial charge in [-0.25, -0.2) is 14.8 Å². The molecule has 0 spiro atoms. The molecular weight excluding hydrogens is 226 g/mol. The zero-order valence-corrected chi connectivity index (χ0v) is 7.79. The van der Waals surface area contributed by atoms with E-state index in [1.54, 1.807) is 6.92 Å². The van der Waals surface area contributed by atoms with Crippen LogP contribution in [0.3, 0.4) is 0 Å². The van der Waals surface area contributed by atoms with E-state index in [0.29, 0.717) is 10.3 Å². The molecule has 0 radical (unpaired) electrons. The maximum Gasteiger partial charge on any atom is 0.410 e. The lowest BCUT2D eigenvalue weighted by atomic mass is 10.4. The number of aryl methyl sites for hydroxylation is 1. The van der Waals surface area contributed by atoms with Gasteiger partial charge in [0.1, 0.15) is 4.60 Å². The monoisotopic (exact) mass is 231 g/mol. The van der Waals surface area contributed by atoms with Gasteiger partial charge < -0.3 is 5.11 Å². The summed E-state index contributed by atoms with van der Waals surface area (Å²) >= 11 is 3.11. The first-order valence-electron chi connectivity index (χ1n) is 3.08. The number of hydrogen-bond acceptors (Lipinski definition) is 3. The highest BCUT2D eigenvalue weighted by Crippen LogP contribution is 2.11. The Morgan fingerprint density at radius 2 is 2.42 bits per heavy atom. The minimum absolute atomic E-state index is 0.255. The van der Waals surface area contributed by atoms with Crippen LogP contribution in [0.2, 0.25) is 0 Å². The maximum absolute atomic E-state index is 10.2. The molecule has 0 aliphatic rings. The Kier molecular flexibility index (Phi) is 2.59. The Labute approximate surface area is 77.0 Å². The summed E-state index contributed by atoms with van der Waals surface area (Å²) in [6.45, 7) is 1.67. The van der Waals surface area contributed by atoms with Crippen LogP contribution in [0.4, 0.5) is 10.6 Å². The third kappa shape index (κ3) is 2.16. The molecule has 0 saturated heterocycles. The molecule has 0 aliphatic carbocycles. The van der Waals surface area contributed by atoms with Gasteiger partial charge in [0, 0.05) is 0 Å². The first kappa shape index (κ1) is 8.92. The van der Waals surface area contributed by atoms with Gasteiger partial charge in [0.25, 0.3) is 0 Å². The van der Waals surface area contributed by atoms with Crippen molar-refractivity contribution in [1.82, 2.24) is 9.97 Å². The molecule has 5 nitrogen and oxygen atoms in total. The Hall–Kier alpha value is -1.17. The molecule has 0 aromatic carbocycles. The van der Waals surface area contributed by atoms with E-state index < -0.39 is 6.09 Å². The second-order valence-electron chi connectivity index (χ2n) is 2.06. The number of aromatic nitrogens is 2. The molecule has 6 heteroatoms. The topological polar surface area (TPSA) is 75.1 Å². The van der Waals surface area contributed by atoms with Crippen LogP contribution in [-0.2, 0) is 0 Å². The van der Waals surface area contributed by atoms with Crippen LogP contribution in [0, 0.1) is 6.92 Å². The third-order valence-corrected chi connectivity index (χ3v) is 1.52. The average molecular weight is 232 g/mol. The van der Waals surface area contributed by atoms with Gasteiger partial charge in [0.2, 0.25) is 0 Å². The second-order valence-corrected chi connectivity index (χ2v) is 2.87. The van der Waals surface area contributed by atoms with E-state index >= 15 is 0 Å². The molecule has 1 aromatic rings. The highest BCUT2D eigenvalue weighted by molar-refractivity contribution is 9.10. The summed E-state index contributed by atoms with van der Waals surface area (Å²) < 4.78 is 0.580. The Morgan fingerprint density at radius 1 is 1.75 bits per heavy atom. The number of nitrogens with one attached hydrogen (secondary N) is 1. The molecule has 0 bridgehead atoms. The van der Waals surface area contributed by atoms with Crippen LogP contribution in [-0.4, -0.2) is 21.2 Å². The number of carbonyl (C=O) groups is 1. The molecule has 0 saturated carbocycles. The molecule has 0 aliphatic heterocycles. The SMILES string of the molecule is Cc1nc(Br)cnc1NC(=O)O. The molecule has 1 amide bonds. The van der Waals surface area contributed by atoms with Crippen molar-refractivity contribution in [1.29, 1.82) is 0 Å². The lowest BCUT2D eigenvalue weighted by Gasteiger charge is -2.02. The number of rotatable bonds is 1.